The fourth-order valence-corrected chi connectivity index (χ4v) is 2.16. The molecule has 0 amide bonds. The number of hydrogen-bond acceptors (Lipinski definition) is 4. The van der Waals surface area contributed by atoms with Crippen molar-refractivity contribution >= 4 is 11.6 Å². The number of halogens is 1. The Kier molecular flexibility index (Phi) is 4.18. The molecule has 2 aromatic rings. The van der Waals surface area contributed by atoms with Gasteiger partial charge in [-0.1, -0.05) is 23.7 Å². The van der Waals surface area contributed by atoms with Crippen LogP contribution in [0.5, 0.6) is 17.2 Å². The number of benzene rings is 2. The van der Waals surface area contributed by atoms with E-state index in [-0.39, 0.29) is 6.23 Å². The lowest BCUT2D eigenvalue weighted by Crippen LogP contribution is -2.39. The van der Waals surface area contributed by atoms with E-state index in [2.05, 4.69) is 5.32 Å². The topological polar surface area (TPSA) is 39.7 Å². The maximum Gasteiger partial charge on any atom is 0.184 e. The molecule has 0 radical (unpaired) electrons. The van der Waals surface area contributed by atoms with E-state index >= 15 is 0 Å². The van der Waals surface area contributed by atoms with Gasteiger partial charge in [-0.2, -0.15) is 0 Å². The van der Waals surface area contributed by atoms with Crippen LogP contribution in [0.4, 0.5) is 0 Å². The number of fused-ring (bicyclic) bond motifs is 1. The van der Waals surface area contributed by atoms with Crippen molar-refractivity contribution in [1.29, 1.82) is 0 Å². The van der Waals surface area contributed by atoms with Gasteiger partial charge in [0.1, 0.15) is 19.0 Å². The summed E-state index contributed by atoms with van der Waals surface area (Å²) >= 11 is 5.86. The van der Waals surface area contributed by atoms with E-state index in [1.165, 1.54) is 0 Å². The van der Waals surface area contributed by atoms with E-state index in [4.69, 9.17) is 25.8 Å². The van der Waals surface area contributed by atoms with E-state index in [9.17, 15) is 0 Å². The summed E-state index contributed by atoms with van der Waals surface area (Å²) in [5.41, 5.74) is 1.06. The molecule has 3 rings (SSSR count). The van der Waals surface area contributed by atoms with Crippen molar-refractivity contribution in [2.24, 2.45) is 0 Å². The van der Waals surface area contributed by atoms with Crippen molar-refractivity contribution in [3.63, 3.8) is 0 Å². The predicted molar refractivity (Wildman–Crippen MR) is 81.2 cm³/mol. The van der Waals surface area contributed by atoms with E-state index in [0.29, 0.717) is 19.0 Å². The first-order valence-electron chi connectivity index (χ1n) is 6.72. The lowest BCUT2D eigenvalue weighted by atomic mass is 10.2. The third-order valence-electron chi connectivity index (χ3n) is 3.22. The van der Waals surface area contributed by atoms with Crippen molar-refractivity contribution in [2.75, 3.05) is 13.7 Å². The average molecular weight is 306 g/mol. The summed E-state index contributed by atoms with van der Waals surface area (Å²) in [7, 11) is 1.83. The van der Waals surface area contributed by atoms with E-state index < -0.39 is 0 Å². The summed E-state index contributed by atoms with van der Waals surface area (Å²) in [6.07, 6.45) is -0.135. The van der Waals surface area contributed by atoms with Crippen LogP contribution in [0.2, 0.25) is 5.02 Å². The molecule has 0 aliphatic carbocycles. The molecule has 1 heterocycles. The highest BCUT2D eigenvalue weighted by molar-refractivity contribution is 6.30. The van der Waals surface area contributed by atoms with Gasteiger partial charge < -0.3 is 14.2 Å². The average Bonchev–Trinajstić information content (AvgIpc) is 2.53. The third-order valence-corrected chi connectivity index (χ3v) is 3.47. The van der Waals surface area contributed by atoms with Gasteiger partial charge in [0.2, 0.25) is 0 Å². The Bertz CT molecular complexity index is 615. The Morgan fingerprint density at radius 1 is 1.19 bits per heavy atom. The molecule has 1 atom stereocenters. The van der Waals surface area contributed by atoms with Crippen molar-refractivity contribution < 1.29 is 14.2 Å². The largest absolute Gasteiger partial charge is 0.489 e. The van der Waals surface area contributed by atoms with Crippen LogP contribution >= 0.6 is 11.6 Å². The molecular weight excluding hydrogens is 290 g/mol. The maximum absolute atomic E-state index is 5.86. The summed E-state index contributed by atoms with van der Waals surface area (Å²) in [4.78, 5) is 0. The Morgan fingerprint density at radius 3 is 2.76 bits per heavy atom. The number of rotatable bonds is 4. The van der Waals surface area contributed by atoms with Crippen molar-refractivity contribution in [2.45, 2.75) is 12.8 Å². The van der Waals surface area contributed by atoms with Gasteiger partial charge in [0.05, 0.1) is 0 Å². The van der Waals surface area contributed by atoms with Crippen LogP contribution in [0.3, 0.4) is 0 Å². The molecule has 0 bridgehead atoms. The van der Waals surface area contributed by atoms with E-state index in [0.717, 1.165) is 22.1 Å². The SMILES string of the molecule is CN[C@H]1COc2ccc(OCc3ccc(Cl)cc3)cc2O1. The fraction of sp³-hybridized carbons (Fsp3) is 0.250. The normalized spacial score (nSPS) is 16.6. The van der Waals surface area contributed by atoms with Gasteiger partial charge in [0.15, 0.2) is 17.7 Å². The molecule has 110 valence electrons. The summed E-state index contributed by atoms with van der Waals surface area (Å²) < 4.78 is 17.1. The van der Waals surface area contributed by atoms with Crippen LogP contribution in [-0.4, -0.2) is 19.9 Å². The molecule has 0 spiro atoms. The predicted octanol–water partition coefficient (Wildman–Crippen LogP) is 3.24. The first-order valence-corrected chi connectivity index (χ1v) is 7.10. The molecule has 5 heteroatoms. The minimum absolute atomic E-state index is 0.135. The Morgan fingerprint density at radius 2 is 2.00 bits per heavy atom. The van der Waals surface area contributed by atoms with Crippen LogP contribution in [-0.2, 0) is 6.61 Å². The molecule has 4 nitrogen and oxygen atoms in total. The molecule has 1 aliphatic rings. The second-order valence-electron chi connectivity index (χ2n) is 4.73. The third kappa shape index (κ3) is 3.40. The highest BCUT2D eigenvalue weighted by Crippen LogP contribution is 2.34. The smallest absolute Gasteiger partial charge is 0.184 e. The van der Waals surface area contributed by atoms with Crippen molar-refractivity contribution in [3.05, 3.63) is 53.1 Å². The maximum atomic E-state index is 5.86. The van der Waals surface area contributed by atoms with E-state index in [1.54, 1.807) is 0 Å². The van der Waals surface area contributed by atoms with Crippen LogP contribution in [0.25, 0.3) is 0 Å². The highest BCUT2D eigenvalue weighted by Gasteiger charge is 2.19. The Balaban J connectivity index is 1.67. The molecule has 2 aromatic carbocycles. The number of ether oxygens (including phenoxy) is 3. The van der Waals surface area contributed by atoms with Gasteiger partial charge in [-0.3, -0.25) is 5.32 Å². The molecule has 1 N–H and O–H groups in total. The van der Waals surface area contributed by atoms with Crippen LogP contribution in [0.1, 0.15) is 5.56 Å². The molecule has 0 aromatic heterocycles. The quantitative estimate of drug-likeness (QED) is 0.941. The summed E-state index contributed by atoms with van der Waals surface area (Å²) in [5.74, 6) is 2.17. The lowest BCUT2D eigenvalue weighted by Gasteiger charge is -2.26. The molecule has 0 fully saturated rings. The monoisotopic (exact) mass is 305 g/mol. The molecule has 0 saturated carbocycles. The lowest BCUT2D eigenvalue weighted by molar-refractivity contribution is 0.0721. The first-order chi connectivity index (χ1) is 10.2. The van der Waals surface area contributed by atoms with Gasteiger partial charge in [-0.05, 0) is 36.9 Å². The zero-order valence-electron chi connectivity index (χ0n) is 11.6. The van der Waals surface area contributed by atoms with Gasteiger partial charge in [0, 0.05) is 11.1 Å². The summed E-state index contributed by atoms with van der Waals surface area (Å²) in [6.45, 7) is 0.973. The van der Waals surface area contributed by atoms with Gasteiger partial charge >= 0.3 is 0 Å². The van der Waals surface area contributed by atoms with Crippen molar-refractivity contribution in [1.82, 2.24) is 5.32 Å². The second kappa shape index (κ2) is 6.24. The van der Waals surface area contributed by atoms with E-state index in [1.807, 2.05) is 49.5 Å². The first kappa shape index (κ1) is 14.0. The highest BCUT2D eigenvalue weighted by atomic mass is 35.5. The van der Waals surface area contributed by atoms with Gasteiger partial charge in [-0.15, -0.1) is 0 Å². The van der Waals surface area contributed by atoms with Crippen LogP contribution < -0.4 is 19.5 Å². The van der Waals surface area contributed by atoms with Crippen LogP contribution in [0.15, 0.2) is 42.5 Å². The molecule has 21 heavy (non-hydrogen) atoms. The Labute approximate surface area is 128 Å². The molecule has 1 aliphatic heterocycles. The standard InChI is InChI=1S/C16H16ClNO3/c1-18-16-10-20-14-7-6-13(8-15(14)21-16)19-9-11-2-4-12(17)5-3-11/h2-8,16,18H,9-10H2,1H3/t16-/m1/s1. The number of nitrogens with one attached hydrogen (secondary N) is 1. The number of likely N-dealkylation sites (N-methyl/N-ethyl adjacent to an activating group) is 1. The minimum Gasteiger partial charge on any atom is -0.489 e. The summed E-state index contributed by atoms with van der Waals surface area (Å²) in [5, 5.41) is 3.75. The number of hydrogen-bond donors (Lipinski definition) is 1. The summed E-state index contributed by atoms with van der Waals surface area (Å²) in [6, 6.07) is 13.2. The Hall–Kier alpha value is -1.91. The second-order valence-corrected chi connectivity index (χ2v) is 5.17. The van der Waals surface area contributed by atoms with Gasteiger partial charge in [0.25, 0.3) is 0 Å². The van der Waals surface area contributed by atoms with Crippen molar-refractivity contribution in [3.8, 4) is 17.2 Å². The van der Waals surface area contributed by atoms with Gasteiger partial charge in [-0.25, -0.2) is 0 Å². The molecular formula is C16H16ClNO3. The fourth-order valence-electron chi connectivity index (χ4n) is 2.03. The zero-order valence-corrected chi connectivity index (χ0v) is 12.4. The zero-order chi connectivity index (χ0) is 14.7. The minimum atomic E-state index is -0.135. The molecule has 0 unspecified atom stereocenters. The molecule has 0 saturated heterocycles. The van der Waals surface area contributed by atoms with Crippen LogP contribution in [0, 0.1) is 0 Å².